The summed E-state index contributed by atoms with van der Waals surface area (Å²) in [5.74, 6) is 0. The topological polar surface area (TPSA) is 35.2 Å². The van der Waals surface area contributed by atoms with Gasteiger partial charge in [-0.2, -0.15) is 0 Å². The van der Waals surface area contributed by atoms with Crippen LogP contribution in [0.4, 0.5) is 0 Å². The van der Waals surface area contributed by atoms with Crippen LogP contribution < -0.4 is 5.73 Å². The van der Waals surface area contributed by atoms with Crippen LogP contribution in [0.25, 0.3) is 0 Å². The average Bonchev–Trinajstić information content (AvgIpc) is 1.86. The number of halogens is 1. The first-order valence-electron chi connectivity index (χ1n) is 2.96. The maximum absolute atomic E-state index is 5.69. The lowest BCUT2D eigenvalue weighted by Crippen LogP contribution is -2.35. The van der Waals surface area contributed by atoms with E-state index in [1.54, 1.807) is 0 Å². The van der Waals surface area contributed by atoms with Crippen molar-refractivity contribution in [3.05, 3.63) is 0 Å². The van der Waals surface area contributed by atoms with Gasteiger partial charge in [0.2, 0.25) is 0 Å². The lowest BCUT2D eigenvalue weighted by molar-refractivity contribution is 0.167. The summed E-state index contributed by atoms with van der Waals surface area (Å²) in [7, 11) is 0. The van der Waals surface area contributed by atoms with Crippen LogP contribution in [0.1, 0.15) is 13.8 Å². The van der Waals surface area contributed by atoms with E-state index < -0.39 is 0 Å². The number of ether oxygens (including phenoxy) is 1. The monoisotopic (exact) mass is 151 g/mol. The molecule has 9 heavy (non-hydrogen) atoms. The molecule has 0 amide bonds. The van der Waals surface area contributed by atoms with E-state index >= 15 is 0 Å². The van der Waals surface area contributed by atoms with Gasteiger partial charge in [-0.25, -0.2) is 0 Å². The van der Waals surface area contributed by atoms with Gasteiger partial charge >= 0.3 is 0 Å². The Balaban J connectivity index is 0.000000640. The van der Waals surface area contributed by atoms with Crippen LogP contribution in [-0.4, -0.2) is 19.3 Å². The Bertz CT molecular complexity index is 95.1. The van der Waals surface area contributed by atoms with Gasteiger partial charge in [-0.05, 0) is 0 Å². The molecule has 0 aromatic heterocycles. The molecule has 0 aromatic carbocycles. The van der Waals surface area contributed by atoms with Gasteiger partial charge in [0.15, 0.2) is 0 Å². The molecule has 56 valence electrons. The van der Waals surface area contributed by atoms with Crippen molar-refractivity contribution in [2.45, 2.75) is 19.9 Å². The third-order valence-corrected chi connectivity index (χ3v) is 1.78. The summed E-state index contributed by atoms with van der Waals surface area (Å²) in [5.41, 5.74) is 5.90. The Morgan fingerprint density at radius 2 is 2.11 bits per heavy atom. The van der Waals surface area contributed by atoms with Crippen LogP contribution >= 0.6 is 12.4 Å². The van der Waals surface area contributed by atoms with Crippen molar-refractivity contribution < 1.29 is 4.74 Å². The number of hydrogen-bond donors (Lipinski definition) is 1. The van der Waals surface area contributed by atoms with Crippen LogP contribution in [0.5, 0.6) is 0 Å². The molecule has 1 saturated heterocycles. The molecule has 3 heteroatoms. The lowest BCUT2D eigenvalue weighted by Gasteiger charge is -2.19. The molecule has 0 unspecified atom stereocenters. The molecule has 0 bridgehead atoms. The molecule has 2 nitrogen and oxygen atoms in total. The average molecular weight is 152 g/mol. The number of nitrogens with two attached hydrogens (primary N) is 1. The minimum Gasteiger partial charge on any atom is -0.379 e. The molecule has 0 saturated carbocycles. The van der Waals surface area contributed by atoms with E-state index in [-0.39, 0.29) is 23.9 Å². The van der Waals surface area contributed by atoms with Crippen LogP contribution in [0.2, 0.25) is 0 Å². The molecule has 1 fully saturated rings. The smallest absolute Gasteiger partial charge is 0.0623 e. The van der Waals surface area contributed by atoms with Crippen molar-refractivity contribution in [3.8, 4) is 0 Å². The second-order valence-electron chi connectivity index (χ2n) is 3.11. The molecular weight excluding hydrogens is 138 g/mol. The fraction of sp³-hybridized carbons (Fsp3) is 1.00. The van der Waals surface area contributed by atoms with E-state index in [4.69, 9.17) is 10.5 Å². The third kappa shape index (κ3) is 1.81. The molecule has 1 rings (SSSR count). The highest BCUT2D eigenvalue weighted by Gasteiger charge is 2.32. The summed E-state index contributed by atoms with van der Waals surface area (Å²) in [6, 6.07) is 0.238. The van der Waals surface area contributed by atoms with E-state index in [1.165, 1.54) is 0 Å². The van der Waals surface area contributed by atoms with E-state index in [2.05, 4.69) is 13.8 Å². The van der Waals surface area contributed by atoms with E-state index in [0.29, 0.717) is 0 Å². The molecule has 0 radical (unpaired) electrons. The zero-order valence-corrected chi connectivity index (χ0v) is 6.70. The summed E-state index contributed by atoms with van der Waals surface area (Å²) in [5, 5.41) is 0. The van der Waals surface area contributed by atoms with Crippen molar-refractivity contribution in [1.82, 2.24) is 0 Å². The zero-order valence-electron chi connectivity index (χ0n) is 5.89. The molecule has 1 aliphatic heterocycles. The van der Waals surface area contributed by atoms with Crippen molar-refractivity contribution in [2.75, 3.05) is 13.2 Å². The maximum atomic E-state index is 5.69. The molecule has 0 aromatic rings. The van der Waals surface area contributed by atoms with E-state index in [9.17, 15) is 0 Å². The fourth-order valence-corrected chi connectivity index (χ4v) is 0.782. The fourth-order valence-electron chi connectivity index (χ4n) is 0.782. The standard InChI is InChI=1S/C6H13NO.ClH/c1-6(2)4-8-3-5(6)7;/h5H,3-4,7H2,1-2H3;1H/t5-;/m0./s1. The highest BCUT2D eigenvalue weighted by Crippen LogP contribution is 2.24. The van der Waals surface area contributed by atoms with Gasteiger partial charge in [-0.1, -0.05) is 13.8 Å². The molecule has 1 heterocycles. The lowest BCUT2D eigenvalue weighted by atomic mass is 9.89. The Morgan fingerprint density at radius 1 is 1.56 bits per heavy atom. The Morgan fingerprint density at radius 3 is 2.22 bits per heavy atom. The van der Waals surface area contributed by atoms with E-state index in [0.717, 1.165) is 13.2 Å². The summed E-state index contributed by atoms with van der Waals surface area (Å²) >= 11 is 0. The molecule has 2 N–H and O–H groups in total. The van der Waals surface area contributed by atoms with Crippen LogP contribution in [0.15, 0.2) is 0 Å². The van der Waals surface area contributed by atoms with Gasteiger partial charge < -0.3 is 10.5 Å². The minimum absolute atomic E-state index is 0. The first kappa shape index (κ1) is 9.21. The number of rotatable bonds is 0. The summed E-state index contributed by atoms with van der Waals surface area (Å²) in [6.45, 7) is 5.80. The highest BCUT2D eigenvalue weighted by atomic mass is 35.5. The summed E-state index contributed by atoms with van der Waals surface area (Å²) < 4.78 is 5.15. The predicted molar refractivity (Wildman–Crippen MR) is 39.8 cm³/mol. The molecule has 1 aliphatic rings. The molecule has 0 aliphatic carbocycles. The quantitative estimate of drug-likeness (QED) is 0.556. The molecule has 1 atom stereocenters. The summed E-state index contributed by atoms with van der Waals surface area (Å²) in [4.78, 5) is 0. The largest absolute Gasteiger partial charge is 0.379 e. The van der Waals surface area contributed by atoms with Crippen LogP contribution in [0, 0.1) is 5.41 Å². The first-order chi connectivity index (χ1) is 3.63. The van der Waals surface area contributed by atoms with E-state index in [1.807, 2.05) is 0 Å². The number of hydrogen-bond acceptors (Lipinski definition) is 2. The highest BCUT2D eigenvalue weighted by molar-refractivity contribution is 5.85. The van der Waals surface area contributed by atoms with Crippen LogP contribution in [-0.2, 0) is 4.74 Å². The maximum Gasteiger partial charge on any atom is 0.0623 e. The normalized spacial score (nSPS) is 31.7. The Hall–Kier alpha value is 0.210. The van der Waals surface area contributed by atoms with Gasteiger partial charge in [-0.15, -0.1) is 12.4 Å². The van der Waals surface area contributed by atoms with Crippen molar-refractivity contribution in [1.29, 1.82) is 0 Å². The predicted octanol–water partition coefficient (Wildman–Crippen LogP) is 0.792. The molecule has 0 spiro atoms. The molecular formula is C6H14ClNO. The van der Waals surface area contributed by atoms with Gasteiger partial charge in [0, 0.05) is 11.5 Å². The first-order valence-corrected chi connectivity index (χ1v) is 2.96. The van der Waals surface area contributed by atoms with Gasteiger partial charge in [-0.3, -0.25) is 0 Å². The van der Waals surface area contributed by atoms with Crippen molar-refractivity contribution in [2.24, 2.45) is 11.1 Å². The third-order valence-electron chi connectivity index (χ3n) is 1.78. The minimum atomic E-state index is 0. The SMILES string of the molecule is CC1(C)COC[C@@H]1N.Cl. The van der Waals surface area contributed by atoms with Crippen molar-refractivity contribution >= 4 is 12.4 Å². The zero-order chi connectivity index (χ0) is 6.20. The van der Waals surface area contributed by atoms with Crippen LogP contribution in [0.3, 0.4) is 0 Å². The summed E-state index contributed by atoms with van der Waals surface area (Å²) in [6.07, 6.45) is 0. The second-order valence-corrected chi connectivity index (χ2v) is 3.11. The Kier molecular flexibility index (Phi) is 2.93. The van der Waals surface area contributed by atoms with Gasteiger partial charge in [0.1, 0.15) is 0 Å². The van der Waals surface area contributed by atoms with Gasteiger partial charge in [0.25, 0.3) is 0 Å². The second kappa shape index (κ2) is 2.86. The van der Waals surface area contributed by atoms with Gasteiger partial charge in [0.05, 0.1) is 13.2 Å². The Labute approximate surface area is 62.2 Å². The van der Waals surface area contributed by atoms with Crippen molar-refractivity contribution in [3.63, 3.8) is 0 Å².